The van der Waals surface area contributed by atoms with Gasteiger partial charge in [0.25, 0.3) is 5.91 Å². The van der Waals surface area contributed by atoms with Crippen molar-refractivity contribution in [1.82, 2.24) is 0 Å². The largest absolute Gasteiger partial charge is 0.486 e. The van der Waals surface area contributed by atoms with Crippen LogP contribution in [0.4, 0.5) is 5.69 Å². The quantitative estimate of drug-likeness (QED) is 0.493. The molecule has 0 bridgehead atoms. The van der Waals surface area contributed by atoms with Gasteiger partial charge in [0.05, 0.1) is 10.7 Å². The molecule has 1 N–H and O–H groups in total. The van der Waals surface area contributed by atoms with E-state index in [1.54, 1.807) is 18.2 Å². The third-order valence-corrected chi connectivity index (χ3v) is 5.01. The number of nitrogens with one attached hydrogen (secondary N) is 1. The maximum atomic E-state index is 12.3. The molecular weight excluding hydrogens is 462 g/mol. The molecule has 0 spiro atoms. The lowest BCUT2D eigenvalue weighted by atomic mass is 10.2. The predicted octanol–water partition coefficient (Wildman–Crippen LogP) is 4.77. The molecule has 0 fully saturated rings. The first-order valence-electron chi connectivity index (χ1n) is 8.88. The lowest BCUT2D eigenvalue weighted by Gasteiger charge is -2.19. The third-order valence-electron chi connectivity index (χ3n) is 4.08. The number of ether oxygens (including phenoxy) is 3. The lowest BCUT2D eigenvalue weighted by Crippen LogP contribution is -2.29. The number of halogens is 2. The van der Waals surface area contributed by atoms with Gasteiger partial charge in [0.2, 0.25) is 0 Å². The van der Waals surface area contributed by atoms with Crippen LogP contribution in [0.5, 0.6) is 11.5 Å². The highest BCUT2D eigenvalue weighted by molar-refractivity contribution is 9.10. The first-order valence-corrected chi connectivity index (χ1v) is 10.1. The van der Waals surface area contributed by atoms with Crippen LogP contribution >= 0.6 is 27.5 Å². The first-order chi connectivity index (χ1) is 13.8. The Balaban J connectivity index is 1.59. The van der Waals surface area contributed by atoms with Gasteiger partial charge in [0.1, 0.15) is 13.2 Å². The second-order valence-corrected chi connectivity index (χ2v) is 7.67. The lowest BCUT2D eigenvalue weighted by molar-refractivity contribution is -0.148. The zero-order valence-electron chi connectivity index (χ0n) is 15.8. The number of hydrogen-bond acceptors (Lipinski definition) is 5. The van der Waals surface area contributed by atoms with Crippen LogP contribution in [-0.4, -0.2) is 31.2 Å². The maximum absolute atomic E-state index is 12.3. The van der Waals surface area contributed by atoms with Crippen LogP contribution in [0, 0.1) is 6.92 Å². The fourth-order valence-electron chi connectivity index (χ4n) is 2.61. The number of benzene rings is 2. The van der Waals surface area contributed by atoms with E-state index >= 15 is 0 Å². The Morgan fingerprint density at radius 2 is 2.00 bits per heavy atom. The van der Waals surface area contributed by atoms with E-state index in [1.165, 1.54) is 19.1 Å². The zero-order valence-corrected chi connectivity index (χ0v) is 18.2. The fourth-order valence-corrected chi connectivity index (χ4v) is 3.48. The van der Waals surface area contributed by atoms with Gasteiger partial charge < -0.3 is 19.5 Å². The zero-order chi connectivity index (χ0) is 21.0. The predicted molar refractivity (Wildman–Crippen MR) is 115 cm³/mol. The van der Waals surface area contributed by atoms with Gasteiger partial charge in [0, 0.05) is 10.5 Å². The van der Waals surface area contributed by atoms with Crippen LogP contribution in [0.1, 0.15) is 18.1 Å². The number of carbonyl (C=O) groups is 2. The van der Waals surface area contributed by atoms with Crippen LogP contribution in [0.3, 0.4) is 0 Å². The van der Waals surface area contributed by atoms with Gasteiger partial charge in [-0.25, -0.2) is 4.79 Å². The Morgan fingerprint density at radius 3 is 2.76 bits per heavy atom. The summed E-state index contributed by atoms with van der Waals surface area (Å²) in [7, 11) is 0. The van der Waals surface area contributed by atoms with Crippen LogP contribution in [0.25, 0.3) is 6.08 Å². The van der Waals surface area contributed by atoms with E-state index in [0.717, 1.165) is 10.0 Å². The molecule has 0 aromatic heterocycles. The molecule has 0 saturated carbocycles. The average Bonchev–Trinajstić information content (AvgIpc) is 2.68. The SMILES string of the molecule is Cc1ccc(NC(=O)[C@H](C)OC(=O)/C=C\c2cc(Cl)c3c(c2)OCCO3)c(Br)c1. The second kappa shape index (κ2) is 9.33. The van der Waals surface area contributed by atoms with Crippen molar-refractivity contribution in [1.29, 1.82) is 0 Å². The van der Waals surface area contributed by atoms with Gasteiger partial charge >= 0.3 is 5.97 Å². The molecule has 1 aliphatic rings. The Bertz CT molecular complexity index is 976. The molecule has 3 rings (SSSR count). The average molecular weight is 481 g/mol. The highest BCUT2D eigenvalue weighted by Gasteiger charge is 2.18. The Morgan fingerprint density at radius 1 is 1.24 bits per heavy atom. The van der Waals surface area contributed by atoms with E-state index in [9.17, 15) is 9.59 Å². The van der Waals surface area contributed by atoms with Crippen LogP contribution in [0.15, 0.2) is 40.9 Å². The van der Waals surface area contributed by atoms with Crippen LogP contribution < -0.4 is 14.8 Å². The second-order valence-electron chi connectivity index (χ2n) is 6.41. The van der Waals surface area contributed by atoms with Crippen molar-refractivity contribution in [2.75, 3.05) is 18.5 Å². The van der Waals surface area contributed by atoms with Gasteiger partial charge in [-0.2, -0.15) is 0 Å². The number of rotatable bonds is 5. The Labute approximate surface area is 181 Å². The van der Waals surface area contributed by atoms with E-state index in [-0.39, 0.29) is 0 Å². The van der Waals surface area contributed by atoms with Gasteiger partial charge in [-0.1, -0.05) is 17.7 Å². The summed E-state index contributed by atoms with van der Waals surface area (Å²) in [5.41, 5.74) is 2.31. The number of hydrogen-bond donors (Lipinski definition) is 1. The summed E-state index contributed by atoms with van der Waals surface area (Å²) in [6.45, 7) is 4.32. The summed E-state index contributed by atoms with van der Waals surface area (Å²) in [4.78, 5) is 24.4. The van der Waals surface area contributed by atoms with Gasteiger partial charge in [0.15, 0.2) is 17.6 Å². The molecule has 0 radical (unpaired) electrons. The topological polar surface area (TPSA) is 73.9 Å². The Hall–Kier alpha value is -2.51. The minimum absolute atomic E-state index is 0.395. The fraction of sp³-hybridized carbons (Fsp3) is 0.238. The maximum Gasteiger partial charge on any atom is 0.331 e. The molecule has 29 heavy (non-hydrogen) atoms. The molecule has 0 aliphatic carbocycles. The molecule has 1 atom stereocenters. The minimum atomic E-state index is -0.968. The normalized spacial score (nSPS) is 13.8. The molecule has 8 heteroatoms. The van der Waals surface area contributed by atoms with E-state index in [2.05, 4.69) is 21.2 Å². The van der Waals surface area contributed by atoms with E-state index < -0.39 is 18.0 Å². The van der Waals surface area contributed by atoms with Crippen molar-refractivity contribution < 1.29 is 23.8 Å². The van der Waals surface area contributed by atoms with E-state index in [4.69, 9.17) is 25.8 Å². The number of aryl methyl sites for hydroxylation is 1. The molecule has 2 aromatic rings. The summed E-state index contributed by atoms with van der Waals surface area (Å²) < 4.78 is 16.9. The molecule has 1 aliphatic heterocycles. The molecule has 2 aromatic carbocycles. The molecule has 1 heterocycles. The summed E-state index contributed by atoms with van der Waals surface area (Å²) in [5, 5.41) is 3.12. The standard InChI is InChI=1S/C21H19BrClNO5/c1-12-3-5-17(15(22)9-12)24-21(26)13(2)29-19(25)6-4-14-10-16(23)20-18(11-14)27-7-8-28-20/h3-6,9-11,13H,7-8H2,1-2H3,(H,24,26)/b6-4-/t13-/m0/s1. The number of esters is 1. The summed E-state index contributed by atoms with van der Waals surface area (Å²) in [6.07, 6.45) is 1.80. The molecule has 0 saturated heterocycles. The van der Waals surface area contributed by atoms with Crippen molar-refractivity contribution in [3.8, 4) is 11.5 Å². The summed E-state index contributed by atoms with van der Waals surface area (Å²) >= 11 is 9.57. The van der Waals surface area contributed by atoms with Gasteiger partial charge in [-0.3, -0.25) is 4.79 Å². The van der Waals surface area contributed by atoms with Crippen molar-refractivity contribution in [2.45, 2.75) is 20.0 Å². The smallest absolute Gasteiger partial charge is 0.331 e. The van der Waals surface area contributed by atoms with Gasteiger partial charge in [-0.05, 0) is 71.2 Å². The minimum Gasteiger partial charge on any atom is -0.486 e. The number of amides is 1. The number of carbonyl (C=O) groups excluding carboxylic acids is 2. The number of anilines is 1. The highest BCUT2D eigenvalue weighted by atomic mass is 79.9. The molecule has 6 nitrogen and oxygen atoms in total. The van der Waals surface area contributed by atoms with Crippen molar-refractivity contribution in [3.63, 3.8) is 0 Å². The van der Waals surface area contributed by atoms with Crippen LogP contribution in [0.2, 0.25) is 5.02 Å². The third kappa shape index (κ3) is 5.52. The Kier molecular flexibility index (Phi) is 6.82. The summed E-state index contributed by atoms with van der Waals surface area (Å²) in [5.74, 6) is -0.0706. The highest BCUT2D eigenvalue weighted by Crippen LogP contribution is 2.38. The first kappa shape index (κ1) is 21.2. The van der Waals surface area contributed by atoms with Crippen LogP contribution in [-0.2, 0) is 14.3 Å². The van der Waals surface area contributed by atoms with Crippen molar-refractivity contribution >= 4 is 51.2 Å². The molecule has 1 amide bonds. The molecular formula is C21H19BrClNO5. The van der Waals surface area contributed by atoms with E-state index in [0.29, 0.717) is 41.0 Å². The summed E-state index contributed by atoms with van der Waals surface area (Å²) in [6, 6.07) is 8.91. The monoisotopic (exact) mass is 479 g/mol. The van der Waals surface area contributed by atoms with E-state index in [1.807, 2.05) is 19.1 Å². The molecule has 152 valence electrons. The van der Waals surface area contributed by atoms with Crippen molar-refractivity contribution in [3.05, 3.63) is 57.0 Å². The van der Waals surface area contributed by atoms with Gasteiger partial charge in [-0.15, -0.1) is 0 Å². The van der Waals surface area contributed by atoms with Crippen molar-refractivity contribution in [2.24, 2.45) is 0 Å². The molecule has 0 unspecified atom stereocenters. The number of fused-ring (bicyclic) bond motifs is 1.